The summed E-state index contributed by atoms with van der Waals surface area (Å²) in [5, 5.41) is 20.7. The van der Waals surface area contributed by atoms with Gasteiger partial charge in [-0.1, -0.05) is 6.07 Å². The summed E-state index contributed by atoms with van der Waals surface area (Å²) in [6.45, 7) is 3.67. The number of rotatable bonds is 5. The molecule has 0 heterocycles. The average molecular weight is 269 g/mol. The normalized spacial score (nSPS) is 11.7. The summed E-state index contributed by atoms with van der Waals surface area (Å²) in [4.78, 5) is 22.3. The van der Waals surface area contributed by atoms with Crippen LogP contribution in [0.4, 0.5) is 10.5 Å². The van der Waals surface area contributed by atoms with E-state index in [1.807, 2.05) is 0 Å². The molecular formula is C12H15NO6. The minimum atomic E-state index is -1.29. The van der Waals surface area contributed by atoms with E-state index >= 15 is 0 Å². The molecule has 0 spiro atoms. The maximum atomic E-state index is 11.5. The van der Waals surface area contributed by atoms with Gasteiger partial charge in [0.25, 0.3) is 0 Å². The van der Waals surface area contributed by atoms with Crippen molar-refractivity contribution >= 4 is 17.7 Å². The van der Waals surface area contributed by atoms with Crippen molar-refractivity contribution in [1.29, 1.82) is 0 Å². The lowest BCUT2D eigenvalue weighted by Gasteiger charge is -2.14. The second kappa shape index (κ2) is 6.60. The third-order valence-electron chi connectivity index (χ3n) is 2.18. The number of hydrogen-bond acceptors (Lipinski definition) is 5. The molecule has 0 fully saturated rings. The van der Waals surface area contributed by atoms with Gasteiger partial charge in [0.1, 0.15) is 5.56 Å². The van der Waals surface area contributed by atoms with Crippen molar-refractivity contribution in [2.75, 3.05) is 11.9 Å². The Kier molecular flexibility index (Phi) is 5.13. The van der Waals surface area contributed by atoms with Gasteiger partial charge in [0.2, 0.25) is 6.29 Å². The summed E-state index contributed by atoms with van der Waals surface area (Å²) < 4.78 is 9.82. The van der Waals surface area contributed by atoms with Gasteiger partial charge in [-0.2, -0.15) is 0 Å². The lowest BCUT2D eigenvalue weighted by atomic mass is 10.2. The number of amides is 1. The largest absolute Gasteiger partial charge is 0.505 e. The summed E-state index contributed by atoms with van der Waals surface area (Å²) >= 11 is 0. The molecule has 0 saturated carbocycles. The number of phenols is 1. The Morgan fingerprint density at radius 2 is 2.11 bits per heavy atom. The van der Waals surface area contributed by atoms with E-state index in [-0.39, 0.29) is 11.3 Å². The van der Waals surface area contributed by atoms with Gasteiger partial charge in [-0.25, -0.2) is 9.59 Å². The highest BCUT2D eigenvalue weighted by Gasteiger charge is 2.16. The van der Waals surface area contributed by atoms with Crippen LogP contribution in [0.1, 0.15) is 24.2 Å². The molecule has 0 bridgehead atoms. The molecule has 0 radical (unpaired) electrons. The zero-order chi connectivity index (χ0) is 14.4. The number of para-hydroxylation sites is 1. The number of ether oxygens (including phenoxy) is 2. The maximum Gasteiger partial charge on any atom is 0.414 e. The van der Waals surface area contributed by atoms with E-state index in [2.05, 4.69) is 5.32 Å². The van der Waals surface area contributed by atoms with Crippen molar-refractivity contribution in [2.45, 2.75) is 20.1 Å². The average Bonchev–Trinajstić information content (AvgIpc) is 2.31. The van der Waals surface area contributed by atoms with E-state index in [0.717, 1.165) is 0 Å². The highest BCUT2D eigenvalue weighted by Crippen LogP contribution is 2.27. The second-order valence-corrected chi connectivity index (χ2v) is 3.56. The van der Waals surface area contributed by atoms with Gasteiger partial charge in [0.15, 0.2) is 5.75 Å². The topological polar surface area (TPSA) is 105 Å². The highest BCUT2D eigenvalue weighted by atomic mass is 16.7. The smallest absolute Gasteiger partial charge is 0.414 e. The molecule has 1 atom stereocenters. The molecule has 1 unspecified atom stereocenters. The van der Waals surface area contributed by atoms with E-state index < -0.39 is 24.1 Å². The molecule has 19 heavy (non-hydrogen) atoms. The first kappa shape index (κ1) is 14.8. The van der Waals surface area contributed by atoms with Crippen molar-refractivity contribution in [2.24, 2.45) is 0 Å². The molecule has 0 aliphatic rings. The number of aromatic hydroxyl groups is 1. The first-order valence-corrected chi connectivity index (χ1v) is 5.60. The number of anilines is 1. The number of nitrogens with one attached hydrogen (secondary N) is 1. The standard InChI is InChI=1S/C12H15NO6/c1-3-18-7(2)19-12(17)13-9-6-4-5-8(10(9)14)11(15)16/h4-7,14H,3H2,1-2H3,(H,13,17)(H,15,16). The van der Waals surface area contributed by atoms with Crippen LogP contribution in [0.3, 0.4) is 0 Å². The number of benzene rings is 1. The SMILES string of the molecule is CCOC(C)OC(=O)Nc1cccc(C(=O)O)c1O. The molecule has 7 heteroatoms. The Bertz CT molecular complexity index is 473. The van der Waals surface area contributed by atoms with Crippen molar-refractivity contribution < 1.29 is 29.3 Å². The highest BCUT2D eigenvalue weighted by molar-refractivity contribution is 5.96. The van der Waals surface area contributed by atoms with Gasteiger partial charge in [0, 0.05) is 6.61 Å². The Balaban J connectivity index is 2.75. The van der Waals surface area contributed by atoms with Crippen LogP contribution in [-0.4, -0.2) is 35.2 Å². The zero-order valence-electron chi connectivity index (χ0n) is 10.5. The summed E-state index contributed by atoms with van der Waals surface area (Å²) in [6, 6.07) is 3.97. The summed E-state index contributed by atoms with van der Waals surface area (Å²) in [7, 11) is 0. The molecule has 104 valence electrons. The quantitative estimate of drug-likeness (QED) is 0.558. The van der Waals surface area contributed by atoms with Crippen LogP contribution in [0.25, 0.3) is 0 Å². The van der Waals surface area contributed by atoms with Crippen molar-refractivity contribution in [3.05, 3.63) is 23.8 Å². The fraction of sp³-hybridized carbons (Fsp3) is 0.333. The minimum Gasteiger partial charge on any atom is -0.505 e. The van der Waals surface area contributed by atoms with Gasteiger partial charge in [-0.05, 0) is 26.0 Å². The Hall–Kier alpha value is -2.28. The van der Waals surface area contributed by atoms with Gasteiger partial charge < -0.3 is 19.7 Å². The van der Waals surface area contributed by atoms with Crippen LogP contribution in [0.15, 0.2) is 18.2 Å². The molecule has 0 aromatic heterocycles. The first-order chi connectivity index (χ1) is 8.95. The summed E-state index contributed by atoms with van der Waals surface area (Å²) in [5.41, 5.74) is -0.357. The number of carbonyl (C=O) groups is 2. The molecule has 0 aliphatic heterocycles. The van der Waals surface area contributed by atoms with Crippen LogP contribution in [0.2, 0.25) is 0 Å². The van der Waals surface area contributed by atoms with Crippen LogP contribution >= 0.6 is 0 Å². The van der Waals surface area contributed by atoms with Crippen LogP contribution in [0.5, 0.6) is 5.75 Å². The predicted molar refractivity (Wildman–Crippen MR) is 66.3 cm³/mol. The van der Waals surface area contributed by atoms with Crippen molar-refractivity contribution in [1.82, 2.24) is 0 Å². The van der Waals surface area contributed by atoms with E-state index in [4.69, 9.17) is 14.6 Å². The third kappa shape index (κ3) is 4.14. The molecule has 1 rings (SSSR count). The van der Waals surface area contributed by atoms with Gasteiger partial charge in [0.05, 0.1) is 5.69 Å². The maximum absolute atomic E-state index is 11.5. The molecule has 3 N–H and O–H groups in total. The summed E-state index contributed by atoms with van der Waals surface area (Å²) in [5.74, 6) is -1.83. The summed E-state index contributed by atoms with van der Waals surface area (Å²) in [6.07, 6.45) is -1.59. The van der Waals surface area contributed by atoms with Crippen LogP contribution < -0.4 is 5.32 Å². The Labute approximate surface area is 109 Å². The van der Waals surface area contributed by atoms with Crippen LogP contribution in [-0.2, 0) is 9.47 Å². The zero-order valence-corrected chi connectivity index (χ0v) is 10.5. The molecule has 1 aromatic rings. The van der Waals surface area contributed by atoms with Crippen LogP contribution in [0, 0.1) is 0 Å². The van der Waals surface area contributed by atoms with E-state index in [1.54, 1.807) is 6.92 Å². The van der Waals surface area contributed by atoms with Gasteiger partial charge in [-0.15, -0.1) is 0 Å². The van der Waals surface area contributed by atoms with Crippen molar-refractivity contribution in [3.8, 4) is 5.75 Å². The Morgan fingerprint density at radius 3 is 2.68 bits per heavy atom. The predicted octanol–water partition coefficient (Wildman–Crippen LogP) is 2.02. The Morgan fingerprint density at radius 1 is 1.42 bits per heavy atom. The third-order valence-corrected chi connectivity index (χ3v) is 2.18. The lowest BCUT2D eigenvalue weighted by Crippen LogP contribution is -2.22. The van der Waals surface area contributed by atoms with E-state index in [1.165, 1.54) is 25.1 Å². The monoisotopic (exact) mass is 269 g/mol. The molecule has 0 saturated heterocycles. The lowest BCUT2D eigenvalue weighted by molar-refractivity contribution is -0.0827. The number of hydrogen-bond donors (Lipinski definition) is 3. The number of carboxylic acid groups (broad SMARTS) is 1. The van der Waals surface area contributed by atoms with Gasteiger partial charge in [-0.3, -0.25) is 5.32 Å². The molecule has 1 aromatic carbocycles. The second-order valence-electron chi connectivity index (χ2n) is 3.56. The molecule has 0 aliphatic carbocycles. The fourth-order valence-electron chi connectivity index (χ4n) is 1.38. The van der Waals surface area contributed by atoms with Gasteiger partial charge >= 0.3 is 12.1 Å². The fourth-order valence-corrected chi connectivity index (χ4v) is 1.38. The molecule has 7 nitrogen and oxygen atoms in total. The van der Waals surface area contributed by atoms with E-state index in [0.29, 0.717) is 6.61 Å². The van der Waals surface area contributed by atoms with Crippen molar-refractivity contribution in [3.63, 3.8) is 0 Å². The number of carboxylic acids is 1. The molecular weight excluding hydrogens is 254 g/mol. The van der Waals surface area contributed by atoms with E-state index in [9.17, 15) is 14.7 Å². The number of carbonyl (C=O) groups excluding carboxylic acids is 1. The minimum absolute atomic E-state index is 0.0476. The number of aromatic carboxylic acids is 1. The molecule has 1 amide bonds. The first-order valence-electron chi connectivity index (χ1n) is 5.60.